The zero-order valence-corrected chi connectivity index (χ0v) is 15.2. The summed E-state index contributed by atoms with van der Waals surface area (Å²) in [5, 5.41) is 3.49. The van der Waals surface area contributed by atoms with Crippen molar-refractivity contribution in [2.24, 2.45) is 0 Å². The van der Waals surface area contributed by atoms with Gasteiger partial charge in [0.15, 0.2) is 5.75 Å². The number of hydrogen-bond acceptors (Lipinski definition) is 2. The lowest BCUT2D eigenvalue weighted by Crippen LogP contribution is -2.12. The molecule has 0 radical (unpaired) electrons. The zero-order valence-electron chi connectivity index (χ0n) is 13.6. The minimum absolute atomic E-state index is 0.264. The summed E-state index contributed by atoms with van der Waals surface area (Å²) < 4.78 is 5.67. The highest BCUT2D eigenvalue weighted by Gasteiger charge is 2.14. The number of unbranched alkanes of at least 4 members (excludes halogenated alkanes) is 3. The van der Waals surface area contributed by atoms with Gasteiger partial charge in [-0.1, -0.05) is 67.6 Å². The normalized spacial score (nSPS) is 10.5. The first-order valence-corrected chi connectivity index (χ1v) is 8.85. The molecule has 1 N–H and O–H groups in total. The first-order chi connectivity index (χ1) is 11.6. The Kier molecular flexibility index (Phi) is 7.41. The van der Waals surface area contributed by atoms with E-state index in [-0.39, 0.29) is 5.91 Å². The van der Waals surface area contributed by atoms with E-state index in [1.807, 2.05) is 30.3 Å². The fraction of sp³-hybridized carbons (Fsp3) is 0.316. The summed E-state index contributed by atoms with van der Waals surface area (Å²) in [6.45, 7) is 2.73. The van der Waals surface area contributed by atoms with Crippen LogP contribution in [0.3, 0.4) is 0 Å². The third-order valence-electron chi connectivity index (χ3n) is 3.54. The van der Waals surface area contributed by atoms with E-state index in [0.29, 0.717) is 33.7 Å². The van der Waals surface area contributed by atoms with E-state index in [1.54, 1.807) is 12.1 Å². The smallest absolute Gasteiger partial charge is 0.255 e. The standard InChI is InChI=1S/C19H21Cl2NO2/c1-2-3-4-8-11-24-18-16(20)12-14(13-17(18)21)19(23)22-15-9-6-5-7-10-15/h5-7,9-10,12-13H,2-4,8,11H2,1H3,(H,22,23). The van der Waals surface area contributed by atoms with Crippen molar-refractivity contribution < 1.29 is 9.53 Å². The topological polar surface area (TPSA) is 38.3 Å². The van der Waals surface area contributed by atoms with Gasteiger partial charge in [0.05, 0.1) is 16.7 Å². The lowest BCUT2D eigenvalue weighted by Gasteiger charge is -2.12. The summed E-state index contributed by atoms with van der Waals surface area (Å²) in [6.07, 6.45) is 4.43. The molecule has 24 heavy (non-hydrogen) atoms. The quantitative estimate of drug-likeness (QED) is 0.565. The van der Waals surface area contributed by atoms with E-state index >= 15 is 0 Å². The van der Waals surface area contributed by atoms with Gasteiger partial charge in [0.2, 0.25) is 0 Å². The van der Waals surface area contributed by atoms with Gasteiger partial charge >= 0.3 is 0 Å². The van der Waals surface area contributed by atoms with Crippen molar-refractivity contribution in [1.29, 1.82) is 0 Å². The average Bonchev–Trinajstić information content (AvgIpc) is 2.57. The molecule has 0 fully saturated rings. The second-order valence-corrected chi connectivity index (χ2v) is 6.31. The van der Waals surface area contributed by atoms with Gasteiger partial charge in [0.1, 0.15) is 0 Å². The molecule has 0 saturated heterocycles. The predicted molar refractivity (Wildman–Crippen MR) is 100 cm³/mol. The number of benzene rings is 2. The van der Waals surface area contributed by atoms with Crippen LogP contribution in [0.15, 0.2) is 42.5 Å². The molecule has 0 heterocycles. The van der Waals surface area contributed by atoms with Gasteiger partial charge < -0.3 is 10.1 Å². The van der Waals surface area contributed by atoms with Gasteiger partial charge in [0.25, 0.3) is 5.91 Å². The summed E-state index contributed by atoms with van der Waals surface area (Å²) in [4.78, 5) is 12.3. The third kappa shape index (κ3) is 5.43. The molecule has 0 unspecified atom stereocenters. The Morgan fingerprint density at radius 2 is 1.71 bits per heavy atom. The Morgan fingerprint density at radius 3 is 2.33 bits per heavy atom. The average molecular weight is 366 g/mol. The highest BCUT2D eigenvalue weighted by molar-refractivity contribution is 6.37. The van der Waals surface area contributed by atoms with Gasteiger partial charge in [-0.15, -0.1) is 0 Å². The molecule has 2 rings (SSSR count). The number of amides is 1. The summed E-state index contributed by atoms with van der Waals surface area (Å²) >= 11 is 12.5. The van der Waals surface area contributed by atoms with E-state index < -0.39 is 0 Å². The van der Waals surface area contributed by atoms with Gasteiger partial charge in [-0.05, 0) is 30.7 Å². The highest BCUT2D eigenvalue weighted by atomic mass is 35.5. The first-order valence-electron chi connectivity index (χ1n) is 8.10. The summed E-state index contributed by atoms with van der Waals surface area (Å²) in [6, 6.07) is 12.4. The van der Waals surface area contributed by atoms with Crippen LogP contribution in [0.4, 0.5) is 5.69 Å². The maximum atomic E-state index is 12.3. The van der Waals surface area contributed by atoms with Crippen molar-refractivity contribution in [3.63, 3.8) is 0 Å². The number of carbonyl (C=O) groups excluding carboxylic acids is 1. The number of rotatable bonds is 8. The van der Waals surface area contributed by atoms with Gasteiger partial charge in [0, 0.05) is 11.3 Å². The lowest BCUT2D eigenvalue weighted by atomic mass is 10.2. The van der Waals surface area contributed by atoms with E-state index in [1.165, 1.54) is 12.8 Å². The molecule has 5 heteroatoms. The second-order valence-electron chi connectivity index (χ2n) is 5.50. The molecular weight excluding hydrogens is 345 g/mol. The Hall–Kier alpha value is -1.71. The van der Waals surface area contributed by atoms with E-state index in [2.05, 4.69) is 12.2 Å². The van der Waals surface area contributed by atoms with Crippen molar-refractivity contribution in [1.82, 2.24) is 0 Å². The van der Waals surface area contributed by atoms with Crippen LogP contribution in [0.1, 0.15) is 43.0 Å². The van der Waals surface area contributed by atoms with Crippen molar-refractivity contribution in [2.45, 2.75) is 32.6 Å². The van der Waals surface area contributed by atoms with Crippen LogP contribution in [0, 0.1) is 0 Å². The third-order valence-corrected chi connectivity index (χ3v) is 4.10. The molecular formula is C19H21Cl2NO2. The van der Waals surface area contributed by atoms with Gasteiger partial charge in [-0.25, -0.2) is 0 Å². The van der Waals surface area contributed by atoms with Gasteiger partial charge in [-0.2, -0.15) is 0 Å². The largest absolute Gasteiger partial charge is 0.490 e. The zero-order chi connectivity index (χ0) is 17.4. The molecule has 2 aromatic rings. The Bertz CT molecular complexity index is 651. The SMILES string of the molecule is CCCCCCOc1c(Cl)cc(C(=O)Nc2ccccc2)cc1Cl. The van der Waals surface area contributed by atoms with Crippen molar-refractivity contribution >= 4 is 34.8 Å². The van der Waals surface area contributed by atoms with E-state index in [4.69, 9.17) is 27.9 Å². The van der Waals surface area contributed by atoms with Crippen LogP contribution in [-0.2, 0) is 0 Å². The fourth-order valence-corrected chi connectivity index (χ4v) is 2.85. The van der Waals surface area contributed by atoms with Crippen LogP contribution in [0.25, 0.3) is 0 Å². The number of hydrogen-bond donors (Lipinski definition) is 1. The minimum Gasteiger partial charge on any atom is -0.490 e. The Labute approximate surface area is 152 Å². The molecule has 0 saturated carbocycles. The molecule has 0 spiro atoms. The number of halogens is 2. The Morgan fingerprint density at radius 1 is 1.04 bits per heavy atom. The monoisotopic (exact) mass is 365 g/mol. The second kappa shape index (κ2) is 9.55. The molecule has 0 aromatic heterocycles. The summed E-state index contributed by atoms with van der Waals surface area (Å²) in [7, 11) is 0. The lowest BCUT2D eigenvalue weighted by molar-refractivity contribution is 0.102. The van der Waals surface area contributed by atoms with Crippen LogP contribution in [-0.4, -0.2) is 12.5 Å². The number of para-hydroxylation sites is 1. The molecule has 0 aliphatic rings. The predicted octanol–water partition coefficient (Wildman–Crippen LogP) is 6.20. The number of carbonyl (C=O) groups is 1. The summed E-state index contributed by atoms with van der Waals surface area (Å²) in [5.41, 5.74) is 1.11. The maximum absolute atomic E-state index is 12.3. The van der Waals surface area contributed by atoms with Crippen molar-refractivity contribution in [3.05, 3.63) is 58.1 Å². The number of anilines is 1. The minimum atomic E-state index is -0.264. The first kappa shape index (κ1) is 18.6. The molecule has 1 amide bonds. The van der Waals surface area contributed by atoms with Gasteiger partial charge in [-0.3, -0.25) is 4.79 Å². The van der Waals surface area contributed by atoms with Crippen molar-refractivity contribution in [2.75, 3.05) is 11.9 Å². The molecule has 0 aliphatic carbocycles. The molecule has 0 aliphatic heterocycles. The van der Waals surface area contributed by atoms with Crippen molar-refractivity contribution in [3.8, 4) is 5.75 Å². The molecule has 0 bridgehead atoms. The van der Waals surface area contributed by atoms with Crippen LogP contribution in [0.5, 0.6) is 5.75 Å². The molecule has 3 nitrogen and oxygen atoms in total. The highest BCUT2D eigenvalue weighted by Crippen LogP contribution is 2.34. The van der Waals surface area contributed by atoms with E-state index in [0.717, 1.165) is 12.8 Å². The summed E-state index contributed by atoms with van der Waals surface area (Å²) in [5.74, 6) is 0.172. The fourth-order valence-electron chi connectivity index (χ4n) is 2.26. The molecule has 128 valence electrons. The number of nitrogens with one attached hydrogen (secondary N) is 1. The molecule has 2 aromatic carbocycles. The van der Waals surface area contributed by atoms with Crippen LogP contribution < -0.4 is 10.1 Å². The van der Waals surface area contributed by atoms with Crippen LogP contribution >= 0.6 is 23.2 Å². The van der Waals surface area contributed by atoms with Crippen LogP contribution in [0.2, 0.25) is 10.0 Å². The Balaban J connectivity index is 2.01. The number of ether oxygens (including phenoxy) is 1. The van der Waals surface area contributed by atoms with E-state index in [9.17, 15) is 4.79 Å². The maximum Gasteiger partial charge on any atom is 0.255 e. The molecule has 0 atom stereocenters.